The molecule has 1 unspecified atom stereocenters. The van der Waals surface area contributed by atoms with Crippen molar-refractivity contribution in [2.75, 3.05) is 13.7 Å². The Labute approximate surface area is 110 Å². The molecule has 2 rings (SSSR count). The zero-order chi connectivity index (χ0) is 13.3. The molecule has 3 nitrogen and oxygen atoms in total. The molecule has 1 atom stereocenters. The van der Waals surface area contributed by atoms with E-state index in [1.54, 1.807) is 7.11 Å². The van der Waals surface area contributed by atoms with Crippen molar-refractivity contribution in [3.8, 4) is 5.75 Å². The van der Waals surface area contributed by atoms with Gasteiger partial charge in [0.1, 0.15) is 5.75 Å². The molecule has 0 saturated heterocycles. The van der Waals surface area contributed by atoms with Crippen LogP contribution in [0, 0.1) is 19.3 Å². The van der Waals surface area contributed by atoms with Crippen molar-refractivity contribution in [1.29, 1.82) is 0 Å². The quantitative estimate of drug-likeness (QED) is 0.860. The van der Waals surface area contributed by atoms with E-state index in [1.807, 2.05) is 0 Å². The van der Waals surface area contributed by atoms with Crippen LogP contribution in [0.1, 0.15) is 42.0 Å². The van der Waals surface area contributed by atoms with Gasteiger partial charge in [-0.15, -0.1) is 0 Å². The molecule has 18 heavy (non-hydrogen) atoms. The molecule has 0 bridgehead atoms. The topological polar surface area (TPSA) is 61.3 Å². The Morgan fingerprint density at radius 3 is 2.44 bits per heavy atom. The van der Waals surface area contributed by atoms with Crippen molar-refractivity contribution in [2.24, 2.45) is 16.9 Å². The average molecular weight is 248 g/mol. The highest BCUT2D eigenvalue weighted by molar-refractivity contribution is 5.46. The number of methoxy groups -OCH3 is 1. The van der Waals surface area contributed by atoms with Crippen molar-refractivity contribution < 1.29 is 4.74 Å². The predicted molar refractivity (Wildman–Crippen MR) is 74.7 cm³/mol. The van der Waals surface area contributed by atoms with Gasteiger partial charge in [0.15, 0.2) is 0 Å². The van der Waals surface area contributed by atoms with Crippen LogP contribution in [0.4, 0.5) is 0 Å². The van der Waals surface area contributed by atoms with Crippen molar-refractivity contribution in [3.05, 3.63) is 28.8 Å². The lowest BCUT2D eigenvalue weighted by atomic mass is 9.62. The van der Waals surface area contributed by atoms with Gasteiger partial charge >= 0.3 is 0 Å². The Kier molecular flexibility index (Phi) is 3.64. The Morgan fingerprint density at radius 2 is 2.00 bits per heavy atom. The summed E-state index contributed by atoms with van der Waals surface area (Å²) in [4.78, 5) is 0. The second kappa shape index (κ2) is 4.90. The summed E-state index contributed by atoms with van der Waals surface area (Å²) in [5.41, 5.74) is 16.0. The largest absolute Gasteiger partial charge is 0.496 e. The molecular weight excluding hydrogens is 224 g/mol. The van der Waals surface area contributed by atoms with Gasteiger partial charge in [0.25, 0.3) is 0 Å². The first-order valence-corrected chi connectivity index (χ1v) is 6.65. The molecule has 0 aromatic heterocycles. The molecule has 1 aromatic carbocycles. The summed E-state index contributed by atoms with van der Waals surface area (Å²) in [5.74, 6) is 0.924. The van der Waals surface area contributed by atoms with Gasteiger partial charge in [-0.25, -0.2) is 0 Å². The molecule has 100 valence electrons. The van der Waals surface area contributed by atoms with Gasteiger partial charge in [-0.1, -0.05) is 24.1 Å². The summed E-state index contributed by atoms with van der Waals surface area (Å²) in [6, 6.07) is 4.25. The third-order valence-corrected chi connectivity index (χ3v) is 4.40. The van der Waals surface area contributed by atoms with E-state index in [2.05, 4.69) is 26.0 Å². The van der Waals surface area contributed by atoms with Gasteiger partial charge in [0.2, 0.25) is 0 Å². The fourth-order valence-corrected chi connectivity index (χ4v) is 3.10. The smallest absolute Gasteiger partial charge is 0.126 e. The average Bonchev–Trinajstić information content (AvgIpc) is 2.27. The minimum absolute atomic E-state index is 0.0233. The third kappa shape index (κ3) is 2.02. The van der Waals surface area contributed by atoms with E-state index in [0.29, 0.717) is 6.54 Å². The highest BCUT2D eigenvalue weighted by atomic mass is 16.5. The first kappa shape index (κ1) is 13.4. The molecule has 0 amide bonds. The Hall–Kier alpha value is -1.06. The van der Waals surface area contributed by atoms with E-state index >= 15 is 0 Å². The predicted octanol–water partition coefficient (Wildman–Crippen LogP) is 2.44. The minimum atomic E-state index is -0.0233. The molecule has 1 fully saturated rings. The monoisotopic (exact) mass is 248 g/mol. The van der Waals surface area contributed by atoms with E-state index < -0.39 is 0 Å². The van der Waals surface area contributed by atoms with E-state index in [9.17, 15) is 0 Å². The summed E-state index contributed by atoms with van der Waals surface area (Å²) in [6.07, 6.45) is 3.49. The standard InChI is InChI=1S/C15H24N2O/c1-10-7-11(2)13(18-3)12(8-10)14(17)15(9-16)5-4-6-15/h7-8,14H,4-6,9,16-17H2,1-3H3. The first-order chi connectivity index (χ1) is 8.54. The van der Waals surface area contributed by atoms with Crippen LogP contribution in [0.2, 0.25) is 0 Å². The van der Waals surface area contributed by atoms with Crippen LogP contribution in [0.5, 0.6) is 5.75 Å². The van der Waals surface area contributed by atoms with Crippen LogP contribution in [-0.4, -0.2) is 13.7 Å². The molecule has 1 saturated carbocycles. The van der Waals surface area contributed by atoms with Gasteiger partial charge in [-0.2, -0.15) is 0 Å². The minimum Gasteiger partial charge on any atom is -0.496 e. The second-order valence-electron chi connectivity index (χ2n) is 5.60. The summed E-state index contributed by atoms with van der Waals surface area (Å²) < 4.78 is 5.54. The molecule has 1 aliphatic carbocycles. The van der Waals surface area contributed by atoms with E-state index in [0.717, 1.165) is 29.7 Å². The summed E-state index contributed by atoms with van der Waals surface area (Å²) in [5, 5.41) is 0. The molecule has 4 N–H and O–H groups in total. The van der Waals surface area contributed by atoms with Gasteiger partial charge in [0, 0.05) is 17.0 Å². The van der Waals surface area contributed by atoms with Crippen LogP contribution in [0.25, 0.3) is 0 Å². The molecule has 0 aliphatic heterocycles. The van der Waals surface area contributed by atoms with Crippen molar-refractivity contribution in [3.63, 3.8) is 0 Å². The second-order valence-corrected chi connectivity index (χ2v) is 5.60. The van der Waals surface area contributed by atoms with E-state index in [4.69, 9.17) is 16.2 Å². The van der Waals surface area contributed by atoms with Gasteiger partial charge in [0.05, 0.1) is 7.11 Å². The van der Waals surface area contributed by atoms with Crippen molar-refractivity contribution in [2.45, 2.75) is 39.2 Å². The van der Waals surface area contributed by atoms with Crippen LogP contribution >= 0.6 is 0 Å². The number of hydrogen-bond acceptors (Lipinski definition) is 3. The Morgan fingerprint density at radius 1 is 1.33 bits per heavy atom. The van der Waals surface area contributed by atoms with E-state index in [-0.39, 0.29) is 11.5 Å². The molecule has 1 aliphatic rings. The number of aryl methyl sites for hydroxylation is 2. The third-order valence-electron chi connectivity index (χ3n) is 4.40. The van der Waals surface area contributed by atoms with E-state index in [1.165, 1.54) is 12.0 Å². The number of nitrogens with two attached hydrogens (primary N) is 2. The maximum atomic E-state index is 6.50. The normalized spacial score (nSPS) is 19.2. The summed E-state index contributed by atoms with van der Waals surface area (Å²) in [7, 11) is 1.71. The highest BCUT2D eigenvalue weighted by Crippen LogP contribution is 2.50. The van der Waals surface area contributed by atoms with Crippen molar-refractivity contribution >= 4 is 0 Å². The molecule has 0 heterocycles. The lowest BCUT2D eigenvalue weighted by molar-refractivity contribution is 0.103. The summed E-state index contributed by atoms with van der Waals surface area (Å²) in [6.45, 7) is 4.82. The highest BCUT2D eigenvalue weighted by Gasteiger charge is 2.42. The Bertz CT molecular complexity index is 433. The Balaban J connectivity index is 2.43. The maximum absolute atomic E-state index is 6.50. The lowest BCUT2D eigenvalue weighted by Gasteiger charge is -2.46. The molecule has 0 spiro atoms. The lowest BCUT2D eigenvalue weighted by Crippen LogP contribution is -2.46. The SMILES string of the molecule is COc1c(C)cc(C)cc1C(N)C1(CN)CCC1. The van der Waals surface area contributed by atoms with Crippen LogP contribution < -0.4 is 16.2 Å². The van der Waals surface area contributed by atoms with Gasteiger partial charge in [-0.3, -0.25) is 0 Å². The van der Waals surface area contributed by atoms with Gasteiger partial charge < -0.3 is 16.2 Å². The number of hydrogen-bond donors (Lipinski definition) is 2. The maximum Gasteiger partial charge on any atom is 0.126 e. The molecule has 1 aromatic rings. The zero-order valence-electron chi connectivity index (χ0n) is 11.6. The van der Waals surface area contributed by atoms with Crippen molar-refractivity contribution in [1.82, 2.24) is 0 Å². The zero-order valence-corrected chi connectivity index (χ0v) is 11.6. The number of benzene rings is 1. The van der Waals surface area contributed by atoms with Crippen LogP contribution in [0.3, 0.4) is 0 Å². The molecule has 0 radical (unpaired) electrons. The number of ether oxygens (including phenoxy) is 1. The molecule has 3 heteroatoms. The van der Waals surface area contributed by atoms with Crippen LogP contribution in [0.15, 0.2) is 12.1 Å². The van der Waals surface area contributed by atoms with Crippen LogP contribution in [-0.2, 0) is 0 Å². The number of rotatable bonds is 4. The summed E-state index contributed by atoms with van der Waals surface area (Å²) >= 11 is 0. The fraction of sp³-hybridized carbons (Fsp3) is 0.600. The first-order valence-electron chi connectivity index (χ1n) is 6.65. The van der Waals surface area contributed by atoms with Gasteiger partial charge in [-0.05, 0) is 38.8 Å². The molecular formula is C15H24N2O. The fourth-order valence-electron chi connectivity index (χ4n) is 3.10.